The van der Waals surface area contributed by atoms with Gasteiger partial charge in [0.1, 0.15) is 5.69 Å². The summed E-state index contributed by atoms with van der Waals surface area (Å²) in [6, 6.07) is 12.2. The second kappa shape index (κ2) is 7.88. The third-order valence-electron chi connectivity index (χ3n) is 6.58. The van der Waals surface area contributed by atoms with Gasteiger partial charge in [-0.1, -0.05) is 6.07 Å². The van der Waals surface area contributed by atoms with E-state index >= 15 is 0 Å². The zero-order chi connectivity index (χ0) is 24.2. The number of carbonyl (C=O) groups is 1. The summed E-state index contributed by atoms with van der Waals surface area (Å²) in [5, 5.41) is 12.7. The molecule has 5 heterocycles. The van der Waals surface area contributed by atoms with Crippen LogP contribution in [0, 0.1) is 12.8 Å². The number of aromatic nitrogens is 7. The number of imidazole rings is 1. The largest absolute Gasteiger partial charge is 0.353 e. The molecule has 1 saturated carbocycles. The van der Waals surface area contributed by atoms with Crippen molar-refractivity contribution in [1.82, 2.24) is 34.7 Å². The second-order valence-corrected chi connectivity index (χ2v) is 9.26. The Balaban J connectivity index is 1.28. The molecule has 9 heteroatoms. The lowest BCUT2D eigenvalue weighted by Gasteiger charge is -2.06. The fourth-order valence-corrected chi connectivity index (χ4v) is 4.56. The number of hydrogen-bond donors (Lipinski definition) is 3. The van der Waals surface area contributed by atoms with E-state index in [1.54, 1.807) is 18.6 Å². The first-order chi connectivity index (χ1) is 17.6. The molecule has 0 bridgehead atoms. The molecule has 36 heavy (non-hydrogen) atoms. The van der Waals surface area contributed by atoms with Crippen LogP contribution in [0.25, 0.3) is 50.1 Å². The number of hydrogen-bond acceptors (Lipinski definition) is 5. The minimum absolute atomic E-state index is 0.0542. The SMILES string of the molecule is Cc1cn(-c2cccc3[nH]c(-c4n[nH]c5cnc(-c6cncc(NC(=O)C7CC7)c6)cc45)cc23)cn1. The van der Waals surface area contributed by atoms with Crippen LogP contribution in [0.3, 0.4) is 0 Å². The highest BCUT2D eigenvalue weighted by atomic mass is 16.2. The number of anilines is 1. The lowest BCUT2D eigenvalue weighted by molar-refractivity contribution is -0.117. The van der Waals surface area contributed by atoms with Crippen LogP contribution in [0.4, 0.5) is 5.69 Å². The number of nitrogens with zero attached hydrogens (tertiary/aromatic N) is 5. The van der Waals surface area contributed by atoms with Gasteiger partial charge < -0.3 is 14.9 Å². The van der Waals surface area contributed by atoms with Crippen LogP contribution in [0.2, 0.25) is 0 Å². The smallest absolute Gasteiger partial charge is 0.227 e. The van der Waals surface area contributed by atoms with E-state index in [1.165, 1.54) is 0 Å². The van der Waals surface area contributed by atoms with Crippen LogP contribution in [0.15, 0.2) is 67.5 Å². The molecule has 176 valence electrons. The fraction of sp³-hybridized carbons (Fsp3) is 0.148. The number of carbonyl (C=O) groups excluding carboxylic acids is 1. The Hall–Kier alpha value is -4.79. The zero-order valence-electron chi connectivity index (χ0n) is 19.5. The quantitative estimate of drug-likeness (QED) is 0.325. The molecule has 0 unspecified atom stereocenters. The summed E-state index contributed by atoms with van der Waals surface area (Å²) in [5.41, 5.74) is 7.84. The summed E-state index contributed by atoms with van der Waals surface area (Å²) in [6.07, 6.45) is 10.9. The van der Waals surface area contributed by atoms with Crippen molar-refractivity contribution in [2.24, 2.45) is 5.92 Å². The van der Waals surface area contributed by atoms with Crippen molar-refractivity contribution in [3.05, 3.63) is 73.2 Å². The van der Waals surface area contributed by atoms with Crippen molar-refractivity contribution in [3.8, 4) is 28.3 Å². The van der Waals surface area contributed by atoms with Crippen molar-refractivity contribution < 1.29 is 4.79 Å². The maximum atomic E-state index is 12.2. The Kier molecular flexibility index (Phi) is 4.50. The van der Waals surface area contributed by atoms with Crippen LogP contribution in [0.5, 0.6) is 0 Å². The van der Waals surface area contributed by atoms with Gasteiger partial charge in [0.25, 0.3) is 0 Å². The van der Waals surface area contributed by atoms with Crippen LogP contribution >= 0.6 is 0 Å². The number of pyridine rings is 2. The zero-order valence-corrected chi connectivity index (χ0v) is 19.5. The lowest BCUT2D eigenvalue weighted by atomic mass is 10.1. The molecule has 0 atom stereocenters. The van der Waals surface area contributed by atoms with Crippen molar-refractivity contribution >= 4 is 33.4 Å². The first-order valence-electron chi connectivity index (χ1n) is 11.9. The van der Waals surface area contributed by atoms with Gasteiger partial charge in [-0.2, -0.15) is 5.10 Å². The summed E-state index contributed by atoms with van der Waals surface area (Å²) >= 11 is 0. The number of rotatable bonds is 5. The topological polar surface area (TPSA) is 117 Å². The Labute approximate surface area is 205 Å². The van der Waals surface area contributed by atoms with Gasteiger partial charge >= 0.3 is 0 Å². The van der Waals surface area contributed by atoms with Gasteiger partial charge in [-0.15, -0.1) is 0 Å². The Morgan fingerprint density at radius 1 is 1.06 bits per heavy atom. The average molecular weight is 475 g/mol. The number of aromatic amines is 2. The molecule has 6 aromatic rings. The molecule has 1 aliphatic rings. The highest BCUT2D eigenvalue weighted by molar-refractivity contribution is 5.99. The molecule has 5 aromatic heterocycles. The number of benzene rings is 1. The third kappa shape index (κ3) is 3.52. The van der Waals surface area contributed by atoms with Gasteiger partial charge in [0.05, 0.1) is 52.7 Å². The van der Waals surface area contributed by atoms with E-state index < -0.39 is 0 Å². The van der Waals surface area contributed by atoms with Crippen molar-refractivity contribution in [3.63, 3.8) is 0 Å². The summed E-state index contributed by atoms with van der Waals surface area (Å²) in [5.74, 6) is 0.185. The van der Waals surface area contributed by atoms with E-state index in [0.717, 1.165) is 68.7 Å². The molecule has 9 nitrogen and oxygen atoms in total. The van der Waals surface area contributed by atoms with E-state index in [9.17, 15) is 4.79 Å². The summed E-state index contributed by atoms with van der Waals surface area (Å²) in [4.78, 5) is 29.0. The maximum absolute atomic E-state index is 12.2. The number of fused-ring (bicyclic) bond motifs is 2. The molecular formula is C27H22N8O. The maximum Gasteiger partial charge on any atom is 0.227 e. The highest BCUT2D eigenvalue weighted by Crippen LogP contribution is 2.33. The van der Waals surface area contributed by atoms with Gasteiger partial charge in [-0.25, -0.2) is 4.98 Å². The molecule has 0 saturated heterocycles. The van der Waals surface area contributed by atoms with Gasteiger partial charge in [0, 0.05) is 40.2 Å². The second-order valence-electron chi connectivity index (χ2n) is 9.26. The van der Waals surface area contributed by atoms with Gasteiger partial charge in [0.2, 0.25) is 5.91 Å². The Bertz CT molecular complexity index is 1770. The van der Waals surface area contributed by atoms with Crippen molar-refractivity contribution in [2.45, 2.75) is 19.8 Å². The van der Waals surface area contributed by atoms with E-state index in [-0.39, 0.29) is 11.8 Å². The Morgan fingerprint density at radius 3 is 2.81 bits per heavy atom. The predicted molar refractivity (Wildman–Crippen MR) is 138 cm³/mol. The first kappa shape index (κ1) is 20.6. The van der Waals surface area contributed by atoms with Gasteiger partial charge in [-0.05, 0) is 50.1 Å². The first-order valence-corrected chi connectivity index (χ1v) is 11.9. The molecule has 1 aromatic carbocycles. The number of H-pyrrole nitrogens is 2. The van der Waals surface area contributed by atoms with Crippen LogP contribution in [-0.2, 0) is 4.79 Å². The van der Waals surface area contributed by atoms with Gasteiger partial charge in [-0.3, -0.25) is 19.9 Å². The minimum atomic E-state index is 0.0542. The lowest BCUT2D eigenvalue weighted by Crippen LogP contribution is -2.13. The van der Waals surface area contributed by atoms with Gasteiger partial charge in [0.15, 0.2) is 0 Å². The van der Waals surface area contributed by atoms with Crippen LogP contribution in [0.1, 0.15) is 18.5 Å². The third-order valence-corrected chi connectivity index (χ3v) is 6.58. The molecule has 3 N–H and O–H groups in total. The molecule has 7 rings (SSSR count). The molecule has 0 aliphatic heterocycles. The van der Waals surface area contributed by atoms with E-state index in [1.807, 2.05) is 42.2 Å². The molecule has 1 aliphatic carbocycles. The standard InChI is InChI=1S/C27H22N8O/c1-15-13-35(14-30-15)25-4-2-3-21-19(25)8-23(32-21)26-20-9-22(29-12-24(20)33-34-26)17-7-18(11-28-10-17)31-27(36)16-5-6-16/h2-4,7-14,16,32H,5-6H2,1H3,(H,31,36)(H,33,34). The summed E-state index contributed by atoms with van der Waals surface area (Å²) < 4.78 is 2.03. The molecule has 0 spiro atoms. The number of aryl methyl sites for hydroxylation is 1. The van der Waals surface area contributed by atoms with E-state index in [0.29, 0.717) is 5.69 Å². The minimum Gasteiger partial charge on any atom is -0.353 e. The summed E-state index contributed by atoms with van der Waals surface area (Å²) in [7, 11) is 0. The van der Waals surface area contributed by atoms with E-state index in [2.05, 4.69) is 53.6 Å². The fourth-order valence-electron chi connectivity index (χ4n) is 4.56. The molecule has 0 radical (unpaired) electrons. The monoisotopic (exact) mass is 474 g/mol. The predicted octanol–water partition coefficient (Wildman–Crippen LogP) is 5.01. The molecule has 1 amide bonds. The summed E-state index contributed by atoms with van der Waals surface area (Å²) in [6.45, 7) is 1.98. The van der Waals surface area contributed by atoms with Crippen molar-refractivity contribution in [2.75, 3.05) is 5.32 Å². The normalized spacial score (nSPS) is 13.5. The highest BCUT2D eigenvalue weighted by Gasteiger charge is 2.29. The number of amides is 1. The van der Waals surface area contributed by atoms with Crippen molar-refractivity contribution in [1.29, 1.82) is 0 Å². The van der Waals surface area contributed by atoms with Crippen LogP contribution < -0.4 is 5.32 Å². The molecular weight excluding hydrogens is 452 g/mol. The van der Waals surface area contributed by atoms with E-state index in [4.69, 9.17) is 0 Å². The Morgan fingerprint density at radius 2 is 1.97 bits per heavy atom. The number of nitrogens with one attached hydrogen (secondary N) is 3. The van der Waals surface area contributed by atoms with Crippen LogP contribution in [-0.4, -0.2) is 40.6 Å². The molecule has 1 fully saturated rings. The average Bonchev–Trinajstić information content (AvgIpc) is 3.30.